The minimum atomic E-state index is -0.711. The van der Waals surface area contributed by atoms with Gasteiger partial charge in [0.2, 0.25) is 0 Å². The lowest BCUT2D eigenvalue weighted by molar-refractivity contribution is -0.123. The number of imide groups is 1. The van der Waals surface area contributed by atoms with Crippen molar-refractivity contribution in [3.8, 4) is 5.75 Å². The van der Waals surface area contributed by atoms with Crippen LogP contribution in [0.4, 0.5) is 0 Å². The molecule has 1 heterocycles. The average molecular weight is 408 g/mol. The highest BCUT2D eigenvalue weighted by Gasteiger charge is 2.14. The van der Waals surface area contributed by atoms with Crippen LogP contribution in [0.1, 0.15) is 37.7 Å². The molecule has 0 saturated heterocycles. The maximum absolute atomic E-state index is 12.1. The Balaban J connectivity index is 1.47. The van der Waals surface area contributed by atoms with Crippen LogP contribution in [0.2, 0.25) is 0 Å². The molecule has 0 aliphatic heterocycles. The standard InChI is InChI=1S/C22H20N2O6/c1-14-19(15(2)30-24-14)12-28-18-10-8-17(9-11-18)22(27)29-13-20(25)23-21(26)16-6-4-3-5-7-16/h3-11H,12-13H2,1-2H3,(H,23,25,26). The molecule has 8 heteroatoms. The Bertz CT molecular complexity index is 1020. The van der Waals surface area contributed by atoms with Crippen molar-refractivity contribution >= 4 is 17.8 Å². The highest BCUT2D eigenvalue weighted by Crippen LogP contribution is 2.18. The number of aromatic nitrogens is 1. The molecule has 1 aromatic heterocycles. The lowest BCUT2D eigenvalue weighted by Crippen LogP contribution is -2.34. The van der Waals surface area contributed by atoms with Gasteiger partial charge >= 0.3 is 5.97 Å². The molecule has 0 bridgehead atoms. The molecule has 0 unspecified atom stereocenters. The van der Waals surface area contributed by atoms with Crippen LogP contribution in [-0.2, 0) is 16.1 Å². The quantitative estimate of drug-likeness (QED) is 0.599. The van der Waals surface area contributed by atoms with E-state index in [1.54, 1.807) is 49.4 Å². The minimum absolute atomic E-state index is 0.252. The van der Waals surface area contributed by atoms with E-state index < -0.39 is 24.4 Å². The molecule has 0 saturated carbocycles. The zero-order valence-corrected chi connectivity index (χ0v) is 16.5. The van der Waals surface area contributed by atoms with E-state index in [-0.39, 0.29) is 5.56 Å². The topological polar surface area (TPSA) is 108 Å². The van der Waals surface area contributed by atoms with Crippen molar-refractivity contribution in [1.29, 1.82) is 0 Å². The van der Waals surface area contributed by atoms with Crippen molar-refractivity contribution < 1.29 is 28.4 Å². The van der Waals surface area contributed by atoms with Crippen LogP contribution in [0.3, 0.4) is 0 Å². The van der Waals surface area contributed by atoms with Gasteiger partial charge in [-0.25, -0.2) is 4.79 Å². The second-order valence-corrected chi connectivity index (χ2v) is 6.44. The van der Waals surface area contributed by atoms with Gasteiger partial charge in [0.1, 0.15) is 18.1 Å². The first-order valence-corrected chi connectivity index (χ1v) is 9.15. The molecule has 2 amide bonds. The third-order valence-electron chi connectivity index (χ3n) is 4.28. The molecule has 154 valence electrons. The third kappa shape index (κ3) is 5.32. The fourth-order valence-corrected chi connectivity index (χ4v) is 2.59. The zero-order chi connectivity index (χ0) is 21.5. The van der Waals surface area contributed by atoms with E-state index in [9.17, 15) is 14.4 Å². The number of rotatable bonds is 7. The van der Waals surface area contributed by atoms with Crippen LogP contribution in [0.5, 0.6) is 5.75 Å². The van der Waals surface area contributed by atoms with Gasteiger partial charge in [-0.1, -0.05) is 23.4 Å². The van der Waals surface area contributed by atoms with E-state index in [0.29, 0.717) is 23.7 Å². The Labute approximate surface area is 172 Å². The van der Waals surface area contributed by atoms with Gasteiger partial charge in [0.05, 0.1) is 16.8 Å². The monoisotopic (exact) mass is 408 g/mol. The lowest BCUT2D eigenvalue weighted by atomic mass is 10.2. The summed E-state index contributed by atoms with van der Waals surface area (Å²) in [4.78, 5) is 35.8. The van der Waals surface area contributed by atoms with Crippen LogP contribution < -0.4 is 10.1 Å². The predicted octanol–water partition coefficient (Wildman–Crippen LogP) is 2.98. The minimum Gasteiger partial charge on any atom is -0.489 e. The van der Waals surface area contributed by atoms with Gasteiger partial charge in [-0.05, 0) is 50.2 Å². The molecule has 0 radical (unpaired) electrons. The Morgan fingerprint density at radius 1 is 0.967 bits per heavy atom. The maximum atomic E-state index is 12.1. The van der Waals surface area contributed by atoms with Gasteiger partial charge in [-0.15, -0.1) is 0 Å². The molecule has 0 spiro atoms. The second-order valence-electron chi connectivity index (χ2n) is 6.44. The maximum Gasteiger partial charge on any atom is 0.338 e. The molecule has 0 fully saturated rings. The summed E-state index contributed by atoms with van der Waals surface area (Å²) < 4.78 is 15.7. The summed E-state index contributed by atoms with van der Waals surface area (Å²) in [5.74, 6) is -0.711. The fraction of sp³-hybridized carbons (Fsp3) is 0.182. The number of hydrogen-bond acceptors (Lipinski definition) is 7. The number of hydrogen-bond donors (Lipinski definition) is 1. The summed E-state index contributed by atoms with van der Waals surface area (Å²) in [6.45, 7) is 3.36. The van der Waals surface area contributed by atoms with Gasteiger partial charge in [0, 0.05) is 5.56 Å². The first kappa shape index (κ1) is 20.8. The van der Waals surface area contributed by atoms with Crippen molar-refractivity contribution in [1.82, 2.24) is 10.5 Å². The van der Waals surface area contributed by atoms with Crippen molar-refractivity contribution in [2.24, 2.45) is 0 Å². The third-order valence-corrected chi connectivity index (χ3v) is 4.28. The summed E-state index contributed by atoms with van der Waals surface area (Å²) in [5, 5.41) is 6.03. The number of nitrogens with one attached hydrogen (secondary N) is 1. The summed E-state index contributed by atoms with van der Waals surface area (Å²) in [6, 6.07) is 14.6. The first-order valence-electron chi connectivity index (χ1n) is 9.15. The average Bonchev–Trinajstić information content (AvgIpc) is 3.08. The van der Waals surface area contributed by atoms with Crippen molar-refractivity contribution in [3.63, 3.8) is 0 Å². The van der Waals surface area contributed by atoms with Crippen LogP contribution in [0, 0.1) is 13.8 Å². The predicted molar refractivity (Wildman–Crippen MR) is 106 cm³/mol. The lowest BCUT2D eigenvalue weighted by Gasteiger charge is -2.08. The van der Waals surface area contributed by atoms with Crippen molar-refractivity contribution in [2.45, 2.75) is 20.5 Å². The molecule has 3 aromatic rings. The van der Waals surface area contributed by atoms with Crippen LogP contribution in [-0.4, -0.2) is 29.5 Å². The Hall–Kier alpha value is -3.94. The summed E-state index contributed by atoms with van der Waals surface area (Å²) in [5.41, 5.74) is 2.22. The van der Waals surface area contributed by atoms with Gasteiger partial charge in [0.25, 0.3) is 11.8 Å². The number of carbonyl (C=O) groups is 3. The molecular formula is C22H20N2O6. The molecule has 3 rings (SSSR count). The summed E-state index contributed by atoms with van der Waals surface area (Å²) in [6.07, 6.45) is 0. The van der Waals surface area contributed by atoms with E-state index in [4.69, 9.17) is 14.0 Å². The van der Waals surface area contributed by atoms with Crippen LogP contribution >= 0.6 is 0 Å². The van der Waals surface area contributed by atoms with E-state index in [2.05, 4.69) is 10.5 Å². The SMILES string of the molecule is Cc1noc(C)c1COc1ccc(C(=O)OCC(=O)NC(=O)c2ccccc2)cc1. The van der Waals surface area contributed by atoms with E-state index in [0.717, 1.165) is 11.3 Å². The molecule has 8 nitrogen and oxygen atoms in total. The molecule has 1 N–H and O–H groups in total. The molecule has 0 atom stereocenters. The second kappa shape index (κ2) is 9.51. The zero-order valence-electron chi connectivity index (χ0n) is 16.5. The number of aryl methyl sites for hydroxylation is 2. The highest BCUT2D eigenvalue weighted by molar-refractivity contribution is 6.05. The molecule has 0 aliphatic rings. The van der Waals surface area contributed by atoms with Gasteiger partial charge in [-0.2, -0.15) is 0 Å². The summed E-state index contributed by atoms with van der Waals surface area (Å²) >= 11 is 0. The largest absolute Gasteiger partial charge is 0.489 e. The van der Waals surface area contributed by atoms with E-state index in [1.165, 1.54) is 12.1 Å². The normalized spacial score (nSPS) is 10.3. The Morgan fingerprint density at radius 3 is 2.30 bits per heavy atom. The van der Waals surface area contributed by atoms with Gasteiger partial charge in [0.15, 0.2) is 6.61 Å². The van der Waals surface area contributed by atoms with Crippen molar-refractivity contribution in [2.75, 3.05) is 6.61 Å². The number of ether oxygens (including phenoxy) is 2. The molecular weight excluding hydrogens is 388 g/mol. The number of benzene rings is 2. The fourth-order valence-electron chi connectivity index (χ4n) is 2.59. The smallest absolute Gasteiger partial charge is 0.338 e. The van der Waals surface area contributed by atoms with Crippen LogP contribution in [0.25, 0.3) is 0 Å². The number of nitrogens with zero attached hydrogens (tertiary/aromatic N) is 1. The number of carbonyl (C=O) groups excluding carboxylic acids is 3. The van der Waals surface area contributed by atoms with E-state index in [1.807, 2.05) is 6.92 Å². The number of amides is 2. The summed E-state index contributed by atoms with van der Waals surface area (Å²) in [7, 11) is 0. The van der Waals surface area contributed by atoms with E-state index >= 15 is 0 Å². The van der Waals surface area contributed by atoms with Gasteiger partial charge in [-0.3, -0.25) is 14.9 Å². The number of esters is 1. The van der Waals surface area contributed by atoms with Gasteiger partial charge < -0.3 is 14.0 Å². The highest BCUT2D eigenvalue weighted by atomic mass is 16.5. The Morgan fingerprint density at radius 2 is 1.67 bits per heavy atom. The Kier molecular flexibility index (Phi) is 6.59. The molecule has 30 heavy (non-hydrogen) atoms. The molecule has 2 aromatic carbocycles. The van der Waals surface area contributed by atoms with Crippen LogP contribution in [0.15, 0.2) is 59.1 Å². The molecule has 0 aliphatic carbocycles. The first-order chi connectivity index (χ1) is 14.4. The van der Waals surface area contributed by atoms with Crippen molar-refractivity contribution in [3.05, 3.63) is 82.7 Å².